The van der Waals surface area contributed by atoms with Gasteiger partial charge in [-0.1, -0.05) is 0 Å². The Kier molecular flexibility index (Phi) is 2.44. The summed E-state index contributed by atoms with van der Waals surface area (Å²) in [5.41, 5.74) is 0.534. The summed E-state index contributed by atoms with van der Waals surface area (Å²) in [7, 11) is 3.01. The Morgan fingerprint density at radius 3 is 2.73 bits per heavy atom. The van der Waals surface area contributed by atoms with Gasteiger partial charge in [0, 0.05) is 19.7 Å². The number of aryl methyl sites for hydroxylation is 1. The van der Waals surface area contributed by atoms with E-state index >= 15 is 0 Å². The lowest BCUT2D eigenvalue weighted by Crippen LogP contribution is -2.36. The zero-order chi connectivity index (χ0) is 15.4. The van der Waals surface area contributed by atoms with Crippen LogP contribution in [0.4, 0.5) is 0 Å². The third-order valence-corrected chi connectivity index (χ3v) is 3.74. The first-order valence-corrected chi connectivity index (χ1v) is 6.62. The van der Waals surface area contributed by atoms with E-state index in [9.17, 15) is 9.59 Å². The fourth-order valence-corrected chi connectivity index (χ4v) is 2.51. The number of imidazole rings is 1. The summed E-state index contributed by atoms with van der Waals surface area (Å²) in [5.74, 6) is 1.79. The first-order valence-electron chi connectivity index (χ1n) is 6.62. The standard InChI is InChI=1S/C14H12N4O4/c1-17-12-10(13(19)18(2)14(17)20)15-11(16-12)7-3-4-8-9(5-7)22-6-21-8/h3-5H,6H2,1-2H3,(H,15,16). The molecule has 112 valence electrons. The smallest absolute Gasteiger partial charge is 0.332 e. The monoisotopic (exact) mass is 300 g/mol. The second-order valence-corrected chi connectivity index (χ2v) is 5.06. The van der Waals surface area contributed by atoms with Crippen LogP contribution < -0.4 is 20.7 Å². The highest BCUT2D eigenvalue weighted by atomic mass is 16.7. The molecule has 3 aromatic rings. The van der Waals surface area contributed by atoms with Gasteiger partial charge in [-0.05, 0) is 18.2 Å². The second-order valence-electron chi connectivity index (χ2n) is 5.06. The van der Waals surface area contributed by atoms with Crippen molar-refractivity contribution in [2.24, 2.45) is 14.1 Å². The molecule has 2 aromatic heterocycles. The molecule has 8 nitrogen and oxygen atoms in total. The molecule has 0 amide bonds. The van der Waals surface area contributed by atoms with Crippen LogP contribution in [0.15, 0.2) is 27.8 Å². The van der Waals surface area contributed by atoms with Crippen LogP contribution in [0.3, 0.4) is 0 Å². The van der Waals surface area contributed by atoms with Gasteiger partial charge < -0.3 is 14.5 Å². The summed E-state index contributed by atoms with van der Waals surface area (Å²) >= 11 is 0. The van der Waals surface area contributed by atoms with E-state index in [-0.39, 0.29) is 12.3 Å². The zero-order valence-electron chi connectivity index (χ0n) is 11.9. The minimum absolute atomic E-state index is 0.188. The summed E-state index contributed by atoms with van der Waals surface area (Å²) in [6.45, 7) is 0.188. The number of aromatic amines is 1. The zero-order valence-corrected chi connectivity index (χ0v) is 11.9. The fraction of sp³-hybridized carbons (Fsp3) is 0.214. The Balaban J connectivity index is 1.98. The molecule has 1 aliphatic heterocycles. The number of aromatic nitrogens is 4. The molecule has 0 saturated heterocycles. The molecule has 1 aromatic carbocycles. The largest absolute Gasteiger partial charge is 0.454 e. The van der Waals surface area contributed by atoms with Crippen LogP contribution in [0.5, 0.6) is 11.5 Å². The summed E-state index contributed by atoms with van der Waals surface area (Å²) in [4.78, 5) is 31.5. The van der Waals surface area contributed by atoms with Gasteiger partial charge in [0.1, 0.15) is 11.3 Å². The first-order chi connectivity index (χ1) is 10.6. The van der Waals surface area contributed by atoms with Crippen LogP contribution in [0.2, 0.25) is 0 Å². The highest BCUT2D eigenvalue weighted by Crippen LogP contribution is 2.35. The van der Waals surface area contributed by atoms with Crippen molar-refractivity contribution in [2.45, 2.75) is 0 Å². The van der Waals surface area contributed by atoms with Gasteiger partial charge in [0.25, 0.3) is 5.56 Å². The van der Waals surface area contributed by atoms with Gasteiger partial charge in [-0.3, -0.25) is 13.9 Å². The summed E-state index contributed by atoms with van der Waals surface area (Å²) in [5, 5.41) is 0. The van der Waals surface area contributed by atoms with Gasteiger partial charge in [0.05, 0.1) is 0 Å². The highest BCUT2D eigenvalue weighted by Gasteiger charge is 2.17. The highest BCUT2D eigenvalue weighted by molar-refractivity contribution is 5.76. The predicted octanol–water partition coefficient (Wildman–Crippen LogP) is 0.356. The number of hydrogen-bond donors (Lipinski definition) is 1. The predicted molar refractivity (Wildman–Crippen MR) is 78.1 cm³/mol. The minimum Gasteiger partial charge on any atom is -0.454 e. The minimum atomic E-state index is -0.416. The Hall–Kier alpha value is -3.03. The number of nitrogens with one attached hydrogen (secondary N) is 1. The number of nitrogens with zero attached hydrogens (tertiary/aromatic N) is 3. The molecule has 3 heterocycles. The second kappa shape index (κ2) is 4.23. The van der Waals surface area contributed by atoms with Gasteiger partial charge in [0.15, 0.2) is 17.1 Å². The molecule has 8 heteroatoms. The Bertz CT molecular complexity index is 1030. The first kappa shape index (κ1) is 12.7. The van der Waals surface area contributed by atoms with Crippen LogP contribution in [0, 0.1) is 0 Å². The quantitative estimate of drug-likeness (QED) is 0.700. The van der Waals surface area contributed by atoms with Crippen molar-refractivity contribution in [3.63, 3.8) is 0 Å². The fourth-order valence-electron chi connectivity index (χ4n) is 2.51. The van der Waals surface area contributed by atoms with E-state index in [1.165, 1.54) is 11.6 Å². The van der Waals surface area contributed by atoms with Crippen molar-refractivity contribution >= 4 is 11.2 Å². The molecule has 1 aliphatic rings. The Morgan fingerprint density at radius 1 is 1.14 bits per heavy atom. The number of hydrogen-bond acceptors (Lipinski definition) is 5. The van der Waals surface area contributed by atoms with Crippen LogP contribution >= 0.6 is 0 Å². The average molecular weight is 300 g/mol. The van der Waals surface area contributed by atoms with Crippen molar-refractivity contribution in [1.82, 2.24) is 19.1 Å². The number of fused-ring (bicyclic) bond motifs is 2. The van der Waals surface area contributed by atoms with E-state index in [0.717, 1.165) is 10.1 Å². The van der Waals surface area contributed by atoms with E-state index in [2.05, 4.69) is 9.97 Å². The molecule has 0 radical (unpaired) electrons. The Morgan fingerprint density at radius 2 is 1.91 bits per heavy atom. The topological polar surface area (TPSA) is 91.1 Å². The lowest BCUT2D eigenvalue weighted by molar-refractivity contribution is 0.174. The van der Waals surface area contributed by atoms with Crippen LogP contribution in [0.1, 0.15) is 0 Å². The molecular weight excluding hydrogens is 288 g/mol. The number of rotatable bonds is 1. The lowest BCUT2D eigenvalue weighted by atomic mass is 10.2. The summed E-state index contributed by atoms with van der Waals surface area (Å²) in [6, 6.07) is 5.37. The number of H-pyrrole nitrogens is 1. The molecule has 0 bridgehead atoms. The molecule has 4 rings (SSSR count). The van der Waals surface area contributed by atoms with Crippen LogP contribution in [0.25, 0.3) is 22.6 Å². The molecule has 0 fully saturated rings. The van der Waals surface area contributed by atoms with Crippen LogP contribution in [-0.4, -0.2) is 25.9 Å². The van der Waals surface area contributed by atoms with Crippen LogP contribution in [-0.2, 0) is 14.1 Å². The number of benzene rings is 1. The van der Waals surface area contributed by atoms with E-state index in [1.807, 2.05) is 6.07 Å². The van der Waals surface area contributed by atoms with E-state index in [4.69, 9.17) is 9.47 Å². The maximum absolute atomic E-state index is 12.2. The molecule has 0 spiro atoms. The molecule has 1 N–H and O–H groups in total. The summed E-state index contributed by atoms with van der Waals surface area (Å²) in [6.07, 6.45) is 0. The van der Waals surface area contributed by atoms with E-state index < -0.39 is 11.2 Å². The van der Waals surface area contributed by atoms with Crippen molar-refractivity contribution in [1.29, 1.82) is 0 Å². The van der Waals surface area contributed by atoms with Gasteiger partial charge in [-0.15, -0.1) is 0 Å². The van der Waals surface area contributed by atoms with Crippen molar-refractivity contribution in [3.8, 4) is 22.9 Å². The summed E-state index contributed by atoms with van der Waals surface area (Å²) < 4.78 is 13.0. The van der Waals surface area contributed by atoms with Gasteiger partial charge in [-0.2, -0.15) is 0 Å². The van der Waals surface area contributed by atoms with Crippen molar-refractivity contribution in [3.05, 3.63) is 39.0 Å². The molecule has 0 aliphatic carbocycles. The molecule has 22 heavy (non-hydrogen) atoms. The van der Waals surface area contributed by atoms with Gasteiger partial charge in [-0.25, -0.2) is 9.78 Å². The lowest BCUT2D eigenvalue weighted by Gasteiger charge is -2.00. The average Bonchev–Trinajstić information content (AvgIpc) is 3.16. The van der Waals surface area contributed by atoms with Crippen molar-refractivity contribution < 1.29 is 9.47 Å². The molecule has 0 atom stereocenters. The molecular formula is C14H12N4O4. The third-order valence-electron chi connectivity index (χ3n) is 3.74. The molecule has 0 saturated carbocycles. The van der Waals surface area contributed by atoms with Gasteiger partial charge >= 0.3 is 5.69 Å². The Labute approximate surface area is 123 Å². The number of ether oxygens (including phenoxy) is 2. The maximum atomic E-state index is 12.2. The SMILES string of the molecule is Cn1c(=O)c2[nH]c(-c3ccc4c(c3)OCO4)nc2n(C)c1=O. The van der Waals surface area contributed by atoms with E-state index in [0.29, 0.717) is 23.0 Å². The third kappa shape index (κ3) is 1.60. The van der Waals surface area contributed by atoms with Crippen molar-refractivity contribution in [2.75, 3.05) is 6.79 Å². The maximum Gasteiger partial charge on any atom is 0.332 e. The van der Waals surface area contributed by atoms with E-state index in [1.54, 1.807) is 19.2 Å². The normalized spacial score (nSPS) is 13.0. The molecule has 0 unspecified atom stereocenters. The van der Waals surface area contributed by atoms with Gasteiger partial charge in [0.2, 0.25) is 6.79 Å².